The average molecular weight is 298 g/mol. The van der Waals surface area contributed by atoms with Crippen molar-refractivity contribution in [2.75, 3.05) is 32.8 Å². The zero-order valence-electron chi connectivity index (χ0n) is 9.64. The molecular weight excluding hydrogens is 282 g/mol. The van der Waals surface area contributed by atoms with E-state index >= 15 is 0 Å². The summed E-state index contributed by atoms with van der Waals surface area (Å²) in [6.07, 6.45) is 1.04. The number of benzene rings is 1. The molecule has 0 amide bonds. The molecule has 1 fully saturated rings. The number of halogens is 1. The van der Waals surface area contributed by atoms with Crippen molar-refractivity contribution in [1.29, 1.82) is 0 Å². The Hall–Kier alpha value is -0.710. The molecule has 0 bridgehead atoms. The molecule has 1 aliphatic rings. The Morgan fingerprint density at radius 1 is 1.41 bits per heavy atom. The largest absolute Gasteiger partial charge is 0.379 e. The molecule has 1 saturated heterocycles. The predicted molar refractivity (Wildman–Crippen MR) is 70.2 cm³/mol. The Kier molecular flexibility index (Phi) is 4.71. The van der Waals surface area contributed by atoms with Crippen molar-refractivity contribution in [3.63, 3.8) is 0 Å². The van der Waals surface area contributed by atoms with Gasteiger partial charge in [-0.15, -0.1) is 0 Å². The minimum absolute atomic E-state index is 0.0504. The van der Waals surface area contributed by atoms with Crippen molar-refractivity contribution < 1.29 is 9.53 Å². The zero-order chi connectivity index (χ0) is 12.1. The molecule has 0 radical (unpaired) electrons. The molecule has 1 aromatic carbocycles. The van der Waals surface area contributed by atoms with Crippen molar-refractivity contribution in [1.82, 2.24) is 4.90 Å². The van der Waals surface area contributed by atoms with Gasteiger partial charge in [0.15, 0.2) is 0 Å². The molecule has 0 N–H and O–H groups in total. The third-order valence-corrected chi connectivity index (χ3v) is 3.49. The topological polar surface area (TPSA) is 29.5 Å². The quantitative estimate of drug-likeness (QED) is 0.797. The van der Waals surface area contributed by atoms with Gasteiger partial charge in [0.2, 0.25) is 0 Å². The number of rotatable bonds is 4. The first-order valence-corrected chi connectivity index (χ1v) is 6.60. The van der Waals surface area contributed by atoms with Gasteiger partial charge < -0.3 is 9.53 Å². The molecule has 1 heterocycles. The molecule has 0 saturated carbocycles. The van der Waals surface area contributed by atoms with Gasteiger partial charge in [0.05, 0.1) is 19.1 Å². The SMILES string of the molecule is O=CC(CN1CCOCC1)c1cccc(Br)c1. The number of carbonyl (C=O) groups is 1. The minimum atomic E-state index is -0.0504. The van der Waals surface area contributed by atoms with E-state index in [0.717, 1.165) is 49.2 Å². The first-order chi connectivity index (χ1) is 8.29. The van der Waals surface area contributed by atoms with Gasteiger partial charge in [-0.25, -0.2) is 0 Å². The smallest absolute Gasteiger partial charge is 0.128 e. The van der Waals surface area contributed by atoms with Crippen LogP contribution in [0.25, 0.3) is 0 Å². The average Bonchev–Trinajstić information content (AvgIpc) is 2.37. The van der Waals surface area contributed by atoms with Crippen LogP contribution in [0.2, 0.25) is 0 Å². The lowest BCUT2D eigenvalue weighted by molar-refractivity contribution is -0.109. The standard InChI is InChI=1S/C13H16BrNO2/c14-13-3-1-2-11(8-13)12(10-16)9-15-4-6-17-7-5-15/h1-3,8,10,12H,4-7,9H2. The predicted octanol–water partition coefficient (Wildman–Crippen LogP) is 2.06. The summed E-state index contributed by atoms with van der Waals surface area (Å²) in [5, 5.41) is 0. The molecule has 1 aliphatic heterocycles. The van der Waals surface area contributed by atoms with Crippen LogP contribution in [-0.2, 0) is 9.53 Å². The monoisotopic (exact) mass is 297 g/mol. The Morgan fingerprint density at radius 3 is 2.82 bits per heavy atom. The van der Waals surface area contributed by atoms with E-state index in [0.29, 0.717) is 0 Å². The minimum Gasteiger partial charge on any atom is -0.379 e. The lowest BCUT2D eigenvalue weighted by Gasteiger charge is -2.28. The van der Waals surface area contributed by atoms with E-state index in [-0.39, 0.29) is 5.92 Å². The van der Waals surface area contributed by atoms with E-state index in [1.54, 1.807) is 0 Å². The van der Waals surface area contributed by atoms with Gasteiger partial charge in [0, 0.05) is 24.1 Å². The third-order valence-electron chi connectivity index (χ3n) is 3.00. The molecule has 0 aromatic heterocycles. The maximum absolute atomic E-state index is 11.2. The second kappa shape index (κ2) is 6.28. The summed E-state index contributed by atoms with van der Waals surface area (Å²) in [6.45, 7) is 4.15. The van der Waals surface area contributed by atoms with Gasteiger partial charge in [0.25, 0.3) is 0 Å². The van der Waals surface area contributed by atoms with Crippen molar-refractivity contribution in [2.24, 2.45) is 0 Å². The summed E-state index contributed by atoms with van der Waals surface area (Å²) in [5.41, 5.74) is 1.07. The van der Waals surface area contributed by atoms with Gasteiger partial charge in [-0.1, -0.05) is 28.1 Å². The summed E-state index contributed by atoms with van der Waals surface area (Å²) >= 11 is 3.44. The number of morpholine rings is 1. The maximum Gasteiger partial charge on any atom is 0.128 e. The van der Waals surface area contributed by atoms with Crippen LogP contribution in [0, 0.1) is 0 Å². The Labute approximate surface area is 110 Å². The lowest BCUT2D eigenvalue weighted by atomic mass is 10.00. The Morgan fingerprint density at radius 2 is 2.18 bits per heavy atom. The highest BCUT2D eigenvalue weighted by atomic mass is 79.9. The second-order valence-corrected chi connectivity index (χ2v) is 5.13. The number of carbonyl (C=O) groups excluding carboxylic acids is 1. The van der Waals surface area contributed by atoms with E-state index in [2.05, 4.69) is 20.8 Å². The number of aldehydes is 1. The number of ether oxygens (including phenoxy) is 1. The molecule has 1 atom stereocenters. The van der Waals surface area contributed by atoms with Gasteiger partial charge in [0.1, 0.15) is 6.29 Å². The van der Waals surface area contributed by atoms with Crippen molar-refractivity contribution >= 4 is 22.2 Å². The molecule has 1 aromatic rings. The normalized spacial score (nSPS) is 18.9. The molecule has 17 heavy (non-hydrogen) atoms. The van der Waals surface area contributed by atoms with E-state index in [1.807, 2.05) is 24.3 Å². The highest BCUT2D eigenvalue weighted by Gasteiger charge is 2.17. The molecule has 4 heteroatoms. The van der Waals surface area contributed by atoms with Crippen LogP contribution < -0.4 is 0 Å². The van der Waals surface area contributed by atoms with Crippen LogP contribution in [0.4, 0.5) is 0 Å². The van der Waals surface area contributed by atoms with Crippen LogP contribution in [0.1, 0.15) is 11.5 Å². The summed E-state index contributed by atoms with van der Waals surface area (Å²) < 4.78 is 6.32. The molecule has 92 valence electrons. The highest BCUT2D eigenvalue weighted by Crippen LogP contribution is 2.20. The highest BCUT2D eigenvalue weighted by molar-refractivity contribution is 9.10. The van der Waals surface area contributed by atoms with Gasteiger partial charge in [-0.05, 0) is 17.7 Å². The fraction of sp³-hybridized carbons (Fsp3) is 0.462. The van der Waals surface area contributed by atoms with Gasteiger partial charge >= 0.3 is 0 Å². The number of nitrogens with zero attached hydrogens (tertiary/aromatic N) is 1. The first kappa shape index (κ1) is 12.7. The van der Waals surface area contributed by atoms with E-state index in [4.69, 9.17) is 4.74 Å². The van der Waals surface area contributed by atoms with Gasteiger partial charge in [-0.2, -0.15) is 0 Å². The molecule has 0 spiro atoms. The number of hydrogen-bond donors (Lipinski definition) is 0. The van der Waals surface area contributed by atoms with Crippen LogP contribution in [0.15, 0.2) is 28.7 Å². The lowest BCUT2D eigenvalue weighted by Crippen LogP contribution is -2.39. The Bertz CT molecular complexity index is 377. The maximum atomic E-state index is 11.2. The van der Waals surface area contributed by atoms with E-state index < -0.39 is 0 Å². The van der Waals surface area contributed by atoms with Crippen molar-refractivity contribution in [3.05, 3.63) is 34.3 Å². The van der Waals surface area contributed by atoms with Gasteiger partial charge in [-0.3, -0.25) is 4.90 Å². The molecule has 3 nitrogen and oxygen atoms in total. The fourth-order valence-corrected chi connectivity index (χ4v) is 2.44. The van der Waals surface area contributed by atoms with Crippen molar-refractivity contribution in [2.45, 2.75) is 5.92 Å². The third kappa shape index (κ3) is 3.63. The van der Waals surface area contributed by atoms with E-state index in [9.17, 15) is 4.79 Å². The summed E-state index contributed by atoms with van der Waals surface area (Å²) in [7, 11) is 0. The van der Waals surface area contributed by atoms with Crippen LogP contribution in [-0.4, -0.2) is 44.0 Å². The molecule has 2 rings (SSSR count). The van der Waals surface area contributed by atoms with Crippen LogP contribution in [0.5, 0.6) is 0 Å². The van der Waals surface area contributed by atoms with Crippen LogP contribution in [0.3, 0.4) is 0 Å². The molecular formula is C13H16BrNO2. The summed E-state index contributed by atoms with van der Waals surface area (Å²) in [5.74, 6) is -0.0504. The molecule has 1 unspecified atom stereocenters. The van der Waals surface area contributed by atoms with Crippen molar-refractivity contribution in [3.8, 4) is 0 Å². The summed E-state index contributed by atoms with van der Waals surface area (Å²) in [6, 6.07) is 7.96. The van der Waals surface area contributed by atoms with E-state index in [1.165, 1.54) is 0 Å². The second-order valence-electron chi connectivity index (χ2n) is 4.21. The number of hydrogen-bond acceptors (Lipinski definition) is 3. The Balaban J connectivity index is 2.02. The first-order valence-electron chi connectivity index (χ1n) is 5.80. The zero-order valence-corrected chi connectivity index (χ0v) is 11.2. The molecule has 0 aliphatic carbocycles. The van der Waals surface area contributed by atoms with Crippen LogP contribution >= 0.6 is 15.9 Å². The summed E-state index contributed by atoms with van der Waals surface area (Å²) in [4.78, 5) is 13.5. The fourth-order valence-electron chi connectivity index (χ4n) is 2.03.